The standard InChI is InChI=1S/C17H25FN2O.2ClH/c1-12-10-14(17(21)15(18)11-12)16(13-4-2-3-5-13)20-8-6-19-7-9-20;;/h10-11,13,16,19,21H,2-9H2,1H3;2*1H/t16-;;/m0../s1. The number of halogens is 3. The lowest BCUT2D eigenvalue weighted by Crippen LogP contribution is -2.46. The van der Waals surface area contributed by atoms with Gasteiger partial charge in [-0.3, -0.25) is 4.90 Å². The number of nitrogens with zero attached hydrogens (tertiary/aromatic N) is 1. The summed E-state index contributed by atoms with van der Waals surface area (Å²) in [5.74, 6) is -0.0886. The van der Waals surface area contributed by atoms with E-state index in [1.54, 1.807) is 0 Å². The summed E-state index contributed by atoms with van der Waals surface area (Å²) in [6.07, 6.45) is 4.87. The van der Waals surface area contributed by atoms with Crippen LogP contribution in [-0.2, 0) is 0 Å². The van der Waals surface area contributed by atoms with Crippen LogP contribution in [0.1, 0.15) is 42.9 Å². The summed E-state index contributed by atoms with van der Waals surface area (Å²) in [7, 11) is 0. The number of hydrogen-bond donors (Lipinski definition) is 2. The lowest BCUT2D eigenvalue weighted by atomic mass is 9.88. The van der Waals surface area contributed by atoms with Crippen molar-refractivity contribution in [2.24, 2.45) is 5.92 Å². The number of aromatic hydroxyl groups is 1. The third kappa shape index (κ3) is 4.50. The molecule has 6 heteroatoms. The first kappa shape index (κ1) is 20.5. The van der Waals surface area contributed by atoms with Crippen LogP contribution in [-0.4, -0.2) is 36.2 Å². The second kappa shape index (κ2) is 9.07. The molecule has 1 aliphatic carbocycles. The summed E-state index contributed by atoms with van der Waals surface area (Å²) in [5.41, 5.74) is 1.68. The predicted molar refractivity (Wildman–Crippen MR) is 96.4 cm³/mol. The molecule has 2 aliphatic rings. The first-order valence-corrected chi connectivity index (χ1v) is 8.10. The fraction of sp³-hybridized carbons (Fsp3) is 0.647. The predicted octanol–water partition coefficient (Wildman–Crippen LogP) is 3.82. The lowest BCUT2D eigenvalue weighted by Gasteiger charge is -2.39. The number of hydrogen-bond acceptors (Lipinski definition) is 3. The molecule has 1 aromatic carbocycles. The zero-order chi connectivity index (χ0) is 14.8. The topological polar surface area (TPSA) is 35.5 Å². The van der Waals surface area contributed by atoms with Gasteiger partial charge in [-0.1, -0.05) is 18.9 Å². The molecule has 1 saturated heterocycles. The van der Waals surface area contributed by atoms with E-state index in [1.807, 2.05) is 13.0 Å². The van der Waals surface area contributed by atoms with Crippen molar-refractivity contribution < 1.29 is 9.50 Å². The average molecular weight is 365 g/mol. The summed E-state index contributed by atoms with van der Waals surface area (Å²) >= 11 is 0. The fourth-order valence-electron chi connectivity index (χ4n) is 3.97. The molecule has 0 unspecified atom stereocenters. The molecule has 132 valence electrons. The smallest absolute Gasteiger partial charge is 0.165 e. The van der Waals surface area contributed by atoms with E-state index in [0.717, 1.165) is 37.3 Å². The minimum Gasteiger partial charge on any atom is -0.505 e. The molecule has 2 N–H and O–H groups in total. The highest BCUT2D eigenvalue weighted by Crippen LogP contribution is 2.43. The Morgan fingerprint density at radius 2 is 1.78 bits per heavy atom. The van der Waals surface area contributed by atoms with Crippen LogP contribution in [0.4, 0.5) is 4.39 Å². The molecule has 3 nitrogen and oxygen atoms in total. The number of rotatable bonds is 3. The Kier molecular flexibility index (Phi) is 8.08. The van der Waals surface area contributed by atoms with E-state index < -0.39 is 5.82 Å². The summed E-state index contributed by atoms with van der Waals surface area (Å²) in [6.45, 7) is 5.78. The number of benzene rings is 1. The molecule has 23 heavy (non-hydrogen) atoms. The summed E-state index contributed by atoms with van der Waals surface area (Å²) in [4.78, 5) is 2.43. The van der Waals surface area contributed by atoms with Crippen LogP contribution < -0.4 is 5.32 Å². The molecule has 2 fully saturated rings. The minimum absolute atomic E-state index is 0. The Labute approximate surface area is 150 Å². The molecule has 0 aromatic heterocycles. The molecule has 1 heterocycles. The molecule has 1 atom stereocenters. The van der Waals surface area contributed by atoms with Gasteiger partial charge in [-0.05, 0) is 37.3 Å². The molecule has 0 amide bonds. The number of phenolic OH excluding ortho intramolecular Hbond substituents is 1. The molecule has 1 aliphatic heterocycles. The van der Waals surface area contributed by atoms with Gasteiger partial charge in [0.1, 0.15) is 0 Å². The van der Waals surface area contributed by atoms with Gasteiger partial charge in [-0.25, -0.2) is 4.39 Å². The van der Waals surface area contributed by atoms with Gasteiger partial charge in [0.25, 0.3) is 0 Å². The third-order valence-corrected chi connectivity index (χ3v) is 4.95. The third-order valence-electron chi connectivity index (χ3n) is 4.95. The van der Waals surface area contributed by atoms with Gasteiger partial charge in [-0.15, -0.1) is 24.8 Å². The zero-order valence-corrected chi connectivity index (χ0v) is 15.2. The molecule has 1 aromatic rings. The summed E-state index contributed by atoms with van der Waals surface area (Å²) < 4.78 is 14.0. The van der Waals surface area contributed by atoms with Gasteiger partial charge >= 0.3 is 0 Å². The van der Waals surface area contributed by atoms with E-state index in [1.165, 1.54) is 31.7 Å². The monoisotopic (exact) mass is 364 g/mol. The maximum absolute atomic E-state index is 14.0. The Morgan fingerprint density at radius 3 is 2.39 bits per heavy atom. The van der Waals surface area contributed by atoms with Crippen molar-refractivity contribution >= 4 is 24.8 Å². The number of aryl methyl sites for hydroxylation is 1. The highest BCUT2D eigenvalue weighted by atomic mass is 35.5. The number of piperazine rings is 1. The molecule has 0 radical (unpaired) electrons. The molecular weight excluding hydrogens is 338 g/mol. The van der Waals surface area contributed by atoms with Crippen molar-refractivity contribution in [3.8, 4) is 5.75 Å². The van der Waals surface area contributed by atoms with Gasteiger partial charge in [0, 0.05) is 37.8 Å². The molecule has 3 rings (SSSR count). The van der Waals surface area contributed by atoms with Crippen molar-refractivity contribution in [1.82, 2.24) is 10.2 Å². The van der Waals surface area contributed by atoms with Crippen LogP contribution in [0.15, 0.2) is 12.1 Å². The molecule has 0 spiro atoms. The van der Waals surface area contributed by atoms with E-state index in [2.05, 4.69) is 10.2 Å². The Balaban J connectivity index is 0.00000132. The van der Waals surface area contributed by atoms with Crippen LogP contribution >= 0.6 is 24.8 Å². The largest absolute Gasteiger partial charge is 0.505 e. The molecule has 0 bridgehead atoms. The normalized spacial score (nSPS) is 20.6. The zero-order valence-electron chi connectivity index (χ0n) is 13.6. The summed E-state index contributed by atoms with van der Waals surface area (Å²) in [5, 5.41) is 13.6. The highest BCUT2D eigenvalue weighted by Gasteiger charge is 2.34. The van der Waals surface area contributed by atoms with Crippen molar-refractivity contribution in [3.63, 3.8) is 0 Å². The van der Waals surface area contributed by atoms with E-state index in [-0.39, 0.29) is 36.6 Å². The van der Waals surface area contributed by atoms with Crippen LogP contribution in [0.3, 0.4) is 0 Å². The first-order valence-electron chi connectivity index (χ1n) is 8.10. The van der Waals surface area contributed by atoms with Crippen LogP contribution in [0.25, 0.3) is 0 Å². The maximum atomic E-state index is 14.0. The van der Waals surface area contributed by atoms with E-state index in [9.17, 15) is 9.50 Å². The number of phenols is 1. The minimum atomic E-state index is -0.483. The average Bonchev–Trinajstić information content (AvgIpc) is 2.99. The molecule has 1 saturated carbocycles. The van der Waals surface area contributed by atoms with E-state index >= 15 is 0 Å². The van der Waals surface area contributed by atoms with Crippen LogP contribution in [0.2, 0.25) is 0 Å². The van der Waals surface area contributed by atoms with E-state index in [0.29, 0.717) is 5.92 Å². The van der Waals surface area contributed by atoms with Crippen LogP contribution in [0, 0.1) is 18.7 Å². The Hall–Kier alpha value is -0.550. The highest BCUT2D eigenvalue weighted by molar-refractivity contribution is 5.85. The van der Waals surface area contributed by atoms with Crippen molar-refractivity contribution in [3.05, 3.63) is 29.1 Å². The summed E-state index contributed by atoms with van der Waals surface area (Å²) in [6, 6.07) is 3.55. The lowest BCUT2D eigenvalue weighted by molar-refractivity contribution is 0.122. The van der Waals surface area contributed by atoms with Gasteiger partial charge in [-0.2, -0.15) is 0 Å². The molecular formula is C17H27Cl2FN2O. The van der Waals surface area contributed by atoms with E-state index in [4.69, 9.17) is 0 Å². The van der Waals surface area contributed by atoms with Gasteiger partial charge in [0.2, 0.25) is 0 Å². The maximum Gasteiger partial charge on any atom is 0.165 e. The van der Waals surface area contributed by atoms with Crippen molar-refractivity contribution in [2.75, 3.05) is 26.2 Å². The quantitative estimate of drug-likeness (QED) is 0.855. The van der Waals surface area contributed by atoms with Gasteiger partial charge < -0.3 is 10.4 Å². The Morgan fingerprint density at radius 1 is 1.17 bits per heavy atom. The second-order valence-corrected chi connectivity index (χ2v) is 6.46. The van der Waals surface area contributed by atoms with Gasteiger partial charge in [0.15, 0.2) is 11.6 Å². The fourth-order valence-corrected chi connectivity index (χ4v) is 3.97. The second-order valence-electron chi connectivity index (χ2n) is 6.46. The SMILES string of the molecule is Cc1cc(F)c(O)c([C@H](C2CCCC2)N2CCNCC2)c1.Cl.Cl. The van der Waals surface area contributed by atoms with Gasteiger partial charge in [0.05, 0.1) is 0 Å². The first-order chi connectivity index (χ1) is 10.2. The number of nitrogens with one attached hydrogen (secondary N) is 1. The van der Waals surface area contributed by atoms with Crippen molar-refractivity contribution in [1.29, 1.82) is 0 Å². The Bertz CT molecular complexity index is 504. The van der Waals surface area contributed by atoms with Crippen LogP contribution in [0.5, 0.6) is 5.75 Å². The van der Waals surface area contributed by atoms with Crippen molar-refractivity contribution in [2.45, 2.75) is 38.6 Å².